The summed E-state index contributed by atoms with van der Waals surface area (Å²) in [6.07, 6.45) is 1.92. The lowest BCUT2D eigenvalue weighted by Crippen LogP contribution is -2.18. The molecule has 4 heteroatoms. The van der Waals surface area contributed by atoms with Crippen LogP contribution in [0.25, 0.3) is 0 Å². The first-order valence-corrected chi connectivity index (χ1v) is 5.60. The Balaban J connectivity index is 3.05. The second-order valence-corrected chi connectivity index (χ2v) is 3.88. The van der Waals surface area contributed by atoms with E-state index < -0.39 is 0 Å². The molecule has 0 radical (unpaired) electrons. The Morgan fingerprint density at radius 1 is 1.38 bits per heavy atom. The van der Waals surface area contributed by atoms with Gasteiger partial charge in [0, 0.05) is 12.1 Å². The Hall–Kier alpha value is -1.58. The predicted octanol–water partition coefficient (Wildman–Crippen LogP) is 3.50. The fourth-order valence-corrected chi connectivity index (χ4v) is 1.69. The number of para-hydroxylation sites is 1. The SMILES string of the molecule is CCC(CC)Nc1c(C)cccc1[N+](=O)[O-]. The minimum Gasteiger partial charge on any atom is -0.377 e. The lowest BCUT2D eigenvalue weighted by Gasteiger charge is -2.17. The fraction of sp³-hybridized carbons (Fsp3) is 0.500. The molecule has 88 valence electrons. The van der Waals surface area contributed by atoms with E-state index in [0.29, 0.717) is 11.7 Å². The molecule has 0 amide bonds. The fourth-order valence-electron chi connectivity index (χ4n) is 1.69. The lowest BCUT2D eigenvalue weighted by molar-refractivity contribution is -0.384. The maximum absolute atomic E-state index is 10.9. The molecule has 0 unspecified atom stereocenters. The van der Waals surface area contributed by atoms with Gasteiger partial charge in [0.15, 0.2) is 0 Å². The molecular formula is C12H18N2O2. The van der Waals surface area contributed by atoms with E-state index in [4.69, 9.17) is 0 Å². The zero-order chi connectivity index (χ0) is 12.1. The second-order valence-electron chi connectivity index (χ2n) is 3.88. The molecule has 0 fully saturated rings. The zero-order valence-corrected chi connectivity index (χ0v) is 9.99. The molecule has 0 saturated carbocycles. The van der Waals surface area contributed by atoms with E-state index in [-0.39, 0.29) is 10.6 Å². The van der Waals surface area contributed by atoms with Crippen LogP contribution in [0.2, 0.25) is 0 Å². The number of aryl methyl sites for hydroxylation is 1. The van der Waals surface area contributed by atoms with Crippen molar-refractivity contribution in [1.29, 1.82) is 0 Å². The van der Waals surface area contributed by atoms with Gasteiger partial charge in [-0.15, -0.1) is 0 Å². The monoisotopic (exact) mass is 222 g/mol. The summed E-state index contributed by atoms with van der Waals surface area (Å²) < 4.78 is 0. The number of nitrogens with one attached hydrogen (secondary N) is 1. The number of hydrogen-bond donors (Lipinski definition) is 1. The van der Waals surface area contributed by atoms with Crippen molar-refractivity contribution >= 4 is 11.4 Å². The van der Waals surface area contributed by atoms with Gasteiger partial charge >= 0.3 is 0 Å². The van der Waals surface area contributed by atoms with Crippen LogP contribution in [0.1, 0.15) is 32.3 Å². The van der Waals surface area contributed by atoms with Crippen molar-refractivity contribution < 1.29 is 4.92 Å². The zero-order valence-electron chi connectivity index (χ0n) is 9.99. The Bertz CT molecular complexity index is 373. The third-order valence-corrected chi connectivity index (χ3v) is 2.78. The number of hydrogen-bond acceptors (Lipinski definition) is 3. The standard InChI is InChI=1S/C12H18N2O2/c1-4-10(5-2)13-12-9(3)7-6-8-11(12)14(15)16/h6-8,10,13H,4-5H2,1-3H3. The van der Waals surface area contributed by atoms with Gasteiger partial charge in [0.25, 0.3) is 5.69 Å². The Kier molecular flexibility index (Phi) is 4.28. The van der Waals surface area contributed by atoms with Crippen molar-refractivity contribution in [3.8, 4) is 0 Å². The molecule has 1 aromatic carbocycles. The summed E-state index contributed by atoms with van der Waals surface area (Å²) in [5.41, 5.74) is 1.73. The largest absolute Gasteiger partial charge is 0.377 e. The van der Waals surface area contributed by atoms with Crippen molar-refractivity contribution in [2.45, 2.75) is 39.7 Å². The first-order valence-electron chi connectivity index (χ1n) is 5.60. The molecule has 1 N–H and O–H groups in total. The van der Waals surface area contributed by atoms with Crippen LogP contribution >= 0.6 is 0 Å². The predicted molar refractivity (Wildman–Crippen MR) is 65.8 cm³/mol. The second kappa shape index (κ2) is 5.49. The molecule has 0 atom stereocenters. The normalized spacial score (nSPS) is 10.5. The van der Waals surface area contributed by atoms with E-state index in [0.717, 1.165) is 18.4 Å². The summed E-state index contributed by atoms with van der Waals surface area (Å²) in [7, 11) is 0. The van der Waals surface area contributed by atoms with E-state index >= 15 is 0 Å². The highest BCUT2D eigenvalue weighted by molar-refractivity contribution is 5.66. The number of nitro benzene ring substituents is 1. The summed E-state index contributed by atoms with van der Waals surface area (Å²) in [6.45, 7) is 6.04. The topological polar surface area (TPSA) is 55.2 Å². The molecule has 0 aliphatic rings. The molecule has 0 saturated heterocycles. The number of rotatable bonds is 5. The van der Waals surface area contributed by atoms with Crippen LogP contribution < -0.4 is 5.32 Å². The van der Waals surface area contributed by atoms with Gasteiger partial charge in [-0.25, -0.2) is 0 Å². The van der Waals surface area contributed by atoms with Gasteiger partial charge in [-0.2, -0.15) is 0 Å². The van der Waals surface area contributed by atoms with E-state index in [1.807, 2.05) is 13.0 Å². The van der Waals surface area contributed by atoms with Crippen molar-refractivity contribution in [3.05, 3.63) is 33.9 Å². The highest BCUT2D eigenvalue weighted by atomic mass is 16.6. The number of nitrogens with zero attached hydrogens (tertiary/aromatic N) is 1. The van der Waals surface area contributed by atoms with E-state index in [9.17, 15) is 10.1 Å². The lowest BCUT2D eigenvalue weighted by atomic mass is 10.1. The molecule has 16 heavy (non-hydrogen) atoms. The van der Waals surface area contributed by atoms with Gasteiger partial charge in [-0.05, 0) is 25.3 Å². The molecule has 0 heterocycles. The highest BCUT2D eigenvalue weighted by Gasteiger charge is 2.17. The maximum atomic E-state index is 10.9. The first-order chi connectivity index (χ1) is 7.60. The van der Waals surface area contributed by atoms with Crippen molar-refractivity contribution in [2.75, 3.05) is 5.32 Å². The quantitative estimate of drug-likeness (QED) is 0.612. The van der Waals surface area contributed by atoms with Crippen LogP contribution in [0.3, 0.4) is 0 Å². The van der Waals surface area contributed by atoms with Crippen LogP contribution in [-0.2, 0) is 0 Å². The van der Waals surface area contributed by atoms with Crippen molar-refractivity contribution in [2.24, 2.45) is 0 Å². The van der Waals surface area contributed by atoms with Crippen LogP contribution in [0.15, 0.2) is 18.2 Å². The van der Waals surface area contributed by atoms with Crippen molar-refractivity contribution in [3.63, 3.8) is 0 Å². The highest BCUT2D eigenvalue weighted by Crippen LogP contribution is 2.28. The van der Waals surface area contributed by atoms with E-state index in [1.54, 1.807) is 6.07 Å². The Labute approximate surface area is 95.8 Å². The Morgan fingerprint density at radius 2 is 2.00 bits per heavy atom. The van der Waals surface area contributed by atoms with Crippen LogP contribution in [-0.4, -0.2) is 11.0 Å². The van der Waals surface area contributed by atoms with Gasteiger partial charge in [-0.1, -0.05) is 26.0 Å². The molecule has 0 aromatic heterocycles. The minimum atomic E-state index is -0.336. The van der Waals surface area contributed by atoms with Gasteiger partial charge in [0.2, 0.25) is 0 Å². The molecule has 1 aromatic rings. The number of anilines is 1. The number of nitro groups is 1. The van der Waals surface area contributed by atoms with E-state index in [2.05, 4.69) is 19.2 Å². The van der Waals surface area contributed by atoms with Gasteiger partial charge in [0.05, 0.1) is 4.92 Å². The van der Waals surface area contributed by atoms with Crippen molar-refractivity contribution in [1.82, 2.24) is 0 Å². The molecular weight excluding hydrogens is 204 g/mol. The summed E-state index contributed by atoms with van der Waals surface area (Å²) >= 11 is 0. The molecule has 0 aliphatic heterocycles. The molecule has 0 spiro atoms. The summed E-state index contributed by atoms with van der Waals surface area (Å²) in [5, 5.41) is 14.2. The first kappa shape index (κ1) is 12.5. The molecule has 1 rings (SSSR count). The molecule has 0 bridgehead atoms. The summed E-state index contributed by atoms with van der Waals surface area (Å²) in [6, 6.07) is 5.43. The van der Waals surface area contributed by atoms with Crippen LogP contribution in [0.5, 0.6) is 0 Å². The van der Waals surface area contributed by atoms with Crippen LogP contribution in [0, 0.1) is 17.0 Å². The maximum Gasteiger partial charge on any atom is 0.292 e. The van der Waals surface area contributed by atoms with Crippen LogP contribution in [0.4, 0.5) is 11.4 Å². The minimum absolute atomic E-state index is 0.159. The van der Waals surface area contributed by atoms with Gasteiger partial charge < -0.3 is 5.32 Å². The summed E-state index contributed by atoms with van der Waals surface area (Å²) in [5.74, 6) is 0. The van der Waals surface area contributed by atoms with Gasteiger partial charge in [-0.3, -0.25) is 10.1 Å². The van der Waals surface area contributed by atoms with Gasteiger partial charge in [0.1, 0.15) is 5.69 Å². The third kappa shape index (κ3) is 2.72. The summed E-state index contributed by atoms with van der Waals surface area (Å²) in [4.78, 5) is 10.6. The third-order valence-electron chi connectivity index (χ3n) is 2.78. The number of benzene rings is 1. The smallest absolute Gasteiger partial charge is 0.292 e. The average molecular weight is 222 g/mol. The molecule has 0 aliphatic carbocycles. The molecule has 4 nitrogen and oxygen atoms in total. The average Bonchev–Trinajstić information content (AvgIpc) is 2.27. The Morgan fingerprint density at radius 3 is 2.50 bits per heavy atom. The van der Waals surface area contributed by atoms with E-state index in [1.165, 1.54) is 6.07 Å².